The molecule has 1 atom stereocenters. The molecule has 24 heavy (non-hydrogen) atoms. The van der Waals surface area contributed by atoms with Crippen LogP contribution < -0.4 is 15.4 Å². The lowest BCUT2D eigenvalue weighted by atomic mass is 10.1. The number of aryl methyl sites for hydroxylation is 1. The Morgan fingerprint density at radius 2 is 2.08 bits per heavy atom. The van der Waals surface area contributed by atoms with Crippen molar-refractivity contribution < 1.29 is 18.7 Å². The Kier molecular flexibility index (Phi) is 5.29. The summed E-state index contributed by atoms with van der Waals surface area (Å²) in [5.74, 6) is -1.23. The van der Waals surface area contributed by atoms with Gasteiger partial charge in [0.1, 0.15) is 11.4 Å². The number of halogens is 2. The number of carbonyl (C=O) groups excluding carboxylic acids is 2. The molecule has 9 nitrogen and oxygen atoms in total. The smallest absolute Gasteiger partial charge is 0.259 e. The van der Waals surface area contributed by atoms with Gasteiger partial charge in [0.25, 0.3) is 11.8 Å². The number of methoxy groups -OCH3 is 1. The van der Waals surface area contributed by atoms with Gasteiger partial charge < -0.3 is 10.1 Å². The molecule has 2 N–H and O–H groups in total. The molecule has 1 aromatic carbocycles. The molecule has 0 spiro atoms. The first-order chi connectivity index (χ1) is 11.3. The van der Waals surface area contributed by atoms with Crippen LogP contribution in [0, 0.1) is 0 Å². The van der Waals surface area contributed by atoms with Crippen LogP contribution >= 0.6 is 11.6 Å². The second-order valence-electron chi connectivity index (χ2n) is 4.69. The van der Waals surface area contributed by atoms with E-state index < -0.39 is 18.0 Å². The minimum absolute atomic E-state index is 0.00240. The lowest BCUT2D eigenvalue weighted by Gasteiger charge is -2.15. The van der Waals surface area contributed by atoms with E-state index in [1.165, 1.54) is 23.9 Å². The van der Waals surface area contributed by atoms with Crippen LogP contribution in [0.15, 0.2) is 12.1 Å². The number of nitrogens with one attached hydrogen (secondary N) is 2. The van der Waals surface area contributed by atoms with Gasteiger partial charge in [-0.2, -0.15) is 0 Å². The Balaban J connectivity index is 2.35. The Hall–Kier alpha value is -2.75. The highest BCUT2D eigenvalue weighted by atomic mass is 35.5. The maximum Gasteiger partial charge on any atom is 0.259 e. The number of hydrogen-bond donors (Lipinski definition) is 2. The number of alkyl halides is 1. The summed E-state index contributed by atoms with van der Waals surface area (Å²) in [4.78, 5) is 23.9. The quantitative estimate of drug-likeness (QED) is 0.838. The zero-order chi connectivity index (χ0) is 17.9. The molecule has 0 aliphatic heterocycles. The van der Waals surface area contributed by atoms with Crippen molar-refractivity contribution in [2.24, 2.45) is 7.05 Å². The molecule has 0 aliphatic rings. The fraction of sp³-hybridized carbons (Fsp3) is 0.308. The van der Waals surface area contributed by atoms with Gasteiger partial charge in [0.05, 0.1) is 17.7 Å². The van der Waals surface area contributed by atoms with Crippen molar-refractivity contribution in [3.63, 3.8) is 0 Å². The lowest BCUT2D eigenvalue weighted by molar-refractivity contribution is -0.120. The minimum Gasteiger partial charge on any atom is -0.495 e. The molecular formula is C13H14ClFN6O3. The largest absolute Gasteiger partial charge is 0.495 e. The van der Waals surface area contributed by atoms with Gasteiger partial charge in [-0.05, 0) is 29.5 Å². The molecule has 0 radical (unpaired) electrons. The second kappa shape index (κ2) is 7.21. The molecule has 1 unspecified atom stereocenters. The molecule has 0 aliphatic carbocycles. The molecule has 0 bridgehead atoms. The van der Waals surface area contributed by atoms with Crippen molar-refractivity contribution in [3.8, 4) is 5.75 Å². The number of anilines is 2. The number of hydrogen-bond acceptors (Lipinski definition) is 6. The number of tetrazole rings is 1. The van der Waals surface area contributed by atoms with Gasteiger partial charge >= 0.3 is 0 Å². The summed E-state index contributed by atoms with van der Waals surface area (Å²) < 4.78 is 19.4. The van der Waals surface area contributed by atoms with E-state index in [4.69, 9.17) is 16.3 Å². The predicted octanol–water partition coefficient (Wildman–Crippen LogP) is 1.42. The minimum atomic E-state index is -1.76. The van der Waals surface area contributed by atoms with E-state index >= 15 is 0 Å². The fourth-order valence-corrected chi connectivity index (χ4v) is 2.04. The van der Waals surface area contributed by atoms with Crippen molar-refractivity contribution in [2.75, 3.05) is 17.7 Å². The van der Waals surface area contributed by atoms with Crippen LogP contribution in [-0.4, -0.2) is 45.3 Å². The average molecular weight is 357 g/mol. The Bertz CT molecular complexity index is 779. The van der Waals surface area contributed by atoms with Gasteiger partial charge in [0.15, 0.2) is 6.17 Å². The van der Waals surface area contributed by atoms with Crippen LogP contribution in [0.1, 0.15) is 17.3 Å². The number of nitrogens with zero attached hydrogens (tertiary/aromatic N) is 4. The summed E-state index contributed by atoms with van der Waals surface area (Å²) in [5, 5.41) is 15.3. The Morgan fingerprint density at radius 1 is 1.38 bits per heavy atom. The standard InChI is InChI=1S/C13H14ClFN6O3/c1-6(15)11(22)16-10-8(24-3)5-4-7(9(10)14)12(23)17-13-18-19-20-21(13)2/h4-6H,1-3H3,(H,16,22)(H,17,18,20,23). The van der Waals surface area contributed by atoms with Gasteiger partial charge in [0.2, 0.25) is 5.95 Å². The molecular weight excluding hydrogens is 343 g/mol. The monoisotopic (exact) mass is 356 g/mol. The van der Waals surface area contributed by atoms with E-state index in [0.717, 1.165) is 6.92 Å². The Labute approximate surface area is 141 Å². The van der Waals surface area contributed by atoms with Crippen LogP contribution in [0.2, 0.25) is 5.02 Å². The summed E-state index contributed by atoms with van der Waals surface area (Å²) in [6.07, 6.45) is -1.76. The van der Waals surface area contributed by atoms with Gasteiger partial charge in [-0.15, -0.1) is 0 Å². The Morgan fingerprint density at radius 3 is 2.62 bits per heavy atom. The number of benzene rings is 1. The third-order valence-corrected chi connectivity index (χ3v) is 3.42. The third kappa shape index (κ3) is 3.59. The van der Waals surface area contributed by atoms with Crippen LogP contribution in [0.3, 0.4) is 0 Å². The van der Waals surface area contributed by atoms with E-state index in [1.54, 1.807) is 7.05 Å². The normalized spacial score (nSPS) is 11.7. The molecule has 2 aromatic rings. The molecule has 0 saturated heterocycles. The summed E-state index contributed by atoms with van der Waals surface area (Å²) in [5.41, 5.74) is 0.0275. The van der Waals surface area contributed by atoms with Crippen molar-refractivity contribution in [2.45, 2.75) is 13.1 Å². The zero-order valence-electron chi connectivity index (χ0n) is 13.0. The molecule has 2 rings (SSSR count). The van der Waals surface area contributed by atoms with E-state index in [0.29, 0.717) is 0 Å². The maximum atomic E-state index is 13.1. The second-order valence-corrected chi connectivity index (χ2v) is 5.07. The number of carbonyl (C=O) groups is 2. The van der Waals surface area contributed by atoms with Crippen LogP contribution in [-0.2, 0) is 11.8 Å². The number of amides is 2. The van der Waals surface area contributed by atoms with Gasteiger partial charge in [0, 0.05) is 7.05 Å². The first kappa shape index (κ1) is 17.6. The van der Waals surface area contributed by atoms with Crippen LogP contribution in [0.25, 0.3) is 0 Å². The van der Waals surface area contributed by atoms with Crippen molar-refractivity contribution >= 4 is 35.1 Å². The molecule has 2 amide bonds. The SMILES string of the molecule is COc1ccc(C(=O)Nc2nnnn2C)c(Cl)c1NC(=O)C(C)F. The molecule has 128 valence electrons. The van der Waals surface area contributed by atoms with Crippen LogP contribution in [0.5, 0.6) is 5.75 Å². The van der Waals surface area contributed by atoms with Gasteiger partial charge in [-0.1, -0.05) is 16.7 Å². The summed E-state index contributed by atoms with van der Waals surface area (Å²) >= 11 is 6.18. The average Bonchev–Trinajstić information content (AvgIpc) is 2.93. The first-order valence-electron chi connectivity index (χ1n) is 6.70. The van der Waals surface area contributed by atoms with Gasteiger partial charge in [-0.25, -0.2) is 9.07 Å². The first-order valence-corrected chi connectivity index (χ1v) is 7.08. The number of ether oxygens (including phenoxy) is 1. The molecule has 0 fully saturated rings. The maximum absolute atomic E-state index is 13.1. The van der Waals surface area contributed by atoms with Crippen LogP contribution in [0.4, 0.5) is 16.0 Å². The predicted molar refractivity (Wildman–Crippen MR) is 84.0 cm³/mol. The van der Waals surface area contributed by atoms with Gasteiger partial charge in [-0.3, -0.25) is 14.9 Å². The lowest BCUT2D eigenvalue weighted by Crippen LogP contribution is -2.22. The molecule has 11 heteroatoms. The van der Waals surface area contributed by atoms with Crippen molar-refractivity contribution in [3.05, 3.63) is 22.7 Å². The van der Waals surface area contributed by atoms with E-state index in [2.05, 4.69) is 26.2 Å². The summed E-state index contributed by atoms with van der Waals surface area (Å²) in [7, 11) is 2.89. The molecule has 1 heterocycles. The van der Waals surface area contributed by atoms with E-state index in [9.17, 15) is 14.0 Å². The fourth-order valence-electron chi connectivity index (χ4n) is 1.75. The highest BCUT2D eigenvalue weighted by Crippen LogP contribution is 2.35. The highest BCUT2D eigenvalue weighted by Gasteiger charge is 2.22. The van der Waals surface area contributed by atoms with E-state index in [1.807, 2.05) is 0 Å². The molecule has 1 aromatic heterocycles. The number of aromatic nitrogens is 4. The van der Waals surface area contributed by atoms with Crippen molar-refractivity contribution in [1.29, 1.82) is 0 Å². The zero-order valence-corrected chi connectivity index (χ0v) is 13.8. The van der Waals surface area contributed by atoms with Crippen molar-refractivity contribution in [1.82, 2.24) is 20.2 Å². The summed E-state index contributed by atoms with van der Waals surface area (Å²) in [6, 6.07) is 2.82. The van der Waals surface area contributed by atoms with E-state index in [-0.39, 0.29) is 28.0 Å². The number of rotatable bonds is 5. The molecule has 0 saturated carbocycles. The third-order valence-electron chi connectivity index (χ3n) is 3.02. The summed E-state index contributed by atoms with van der Waals surface area (Å²) in [6.45, 7) is 1.08. The highest BCUT2D eigenvalue weighted by molar-refractivity contribution is 6.37. The topological polar surface area (TPSA) is 111 Å².